The summed E-state index contributed by atoms with van der Waals surface area (Å²) in [5.41, 5.74) is 2.26. The van der Waals surface area contributed by atoms with Crippen LogP contribution in [0.2, 0.25) is 0 Å². The van der Waals surface area contributed by atoms with E-state index in [0.29, 0.717) is 23.5 Å². The van der Waals surface area contributed by atoms with E-state index in [0.717, 1.165) is 5.56 Å². The van der Waals surface area contributed by atoms with Gasteiger partial charge in [0.2, 0.25) is 0 Å². The maximum absolute atomic E-state index is 12.4. The summed E-state index contributed by atoms with van der Waals surface area (Å²) < 4.78 is 0. The van der Waals surface area contributed by atoms with Crippen molar-refractivity contribution in [2.75, 3.05) is 17.2 Å². The van der Waals surface area contributed by atoms with Gasteiger partial charge in [-0.3, -0.25) is 4.79 Å². The standard InChI is InChI=1S/C17H21N3O2/c1-12(2)19-16-15(4-3-10-18-16)17(22)20-14-7-5-13(6-8-14)9-11-21/h3-8,10,12,21H,9,11H2,1-2H3,(H,18,19)(H,20,22). The maximum Gasteiger partial charge on any atom is 0.259 e. The molecule has 0 unspecified atom stereocenters. The molecule has 5 heteroatoms. The largest absolute Gasteiger partial charge is 0.396 e. The van der Waals surface area contributed by atoms with Gasteiger partial charge in [-0.25, -0.2) is 4.98 Å². The number of nitrogens with zero attached hydrogens (tertiary/aromatic N) is 1. The van der Waals surface area contributed by atoms with Gasteiger partial charge in [-0.2, -0.15) is 0 Å². The number of nitrogens with one attached hydrogen (secondary N) is 2. The molecular formula is C17H21N3O2. The number of benzene rings is 1. The number of aliphatic hydroxyl groups excluding tert-OH is 1. The molecule has 1 aromatic carbocycles. The first-order valence-electron chi connectivity index (χ1n) is 7.33. The van der Waals surface area contributed by atoms with Crippen LogP contribution in [0.25, 0.3) is 0 Å². The molecule has 116 valence electrons. The predicted molar refractivity (Wildman–Crippen MR) is 88.2 cm³/mol. The number of hydrogen-bond acceptors (Lipinski definition) is 4. The second kappa shape index (κ2) is 7.56. The number of rotatable bonds is 6. The van der Waals surface area contributed by atoms with Crippen LogP contribution in [0.15, 0.2) is 42.6 Å². The molecule has 0 radical (unpaired) electrons. The average Bonchev–Trinajstić information content (AvgIpc) is 2.49. The topological polar surface area (TPSA) is 74.2 Å². The van der Waals surface area contributed by atoms with Crippen molar-refractivity contribution in [1.82, 2.24) is 4.98 Å². The zero-order valence-electron chi connectivity index (χ0n) is 12.8. The van der Waals surface area contributed by atoms with Gasteiger partial charge in [-0.15, -0.1) is 0 Å². The number of aromatic nitrogens is 1. The molecule has 0 atom stereocenters. The minimum Gasteiger partial charge on any atom is -0.396 e. The summed E-state index contributed by atoms with van der Waals surface area (Å²) in [4.78, 5) is 16.6. The number of carbonyl (C=O) groups is 1. The van der Waals surface area contributed by atoms with Crippen molar-refractivity contribution in [2.24, 2.45) is 0 Å². The average molecular weight is 299 g/mol. The first kappa shape index (κ1) is 16.0. The molecule has 2 rings (SSSR count). The second-order valence-electron chi connectivity index (χ2n) is 5.32. The van der Waals surface area contributed by atoms with Crippen molar-refractivity contribution in [1.29, 1.82) is 0 Å². The lowest BCUT2D eigenvalue weighted by molar-refractivity contribution is 0.102. The molecule has 0 bridgehead atoms. The molecule has 0 fully saturated rings. The summed E-state index contributed by atoms with van der Waals surface area (Å²) in [7, 11) is 0. The Hall–Kier alpha value is -2.40. The van der Waals surface area contributed by atoms with Crippen molar-refractivity contribution in [3.63, 3.8) is 0 Å². The maximum atomic E-state index is 12.4. The van der Waals surface area contributed by atoms with Crippen molar-refractivity contribution in [3.8, 4) is 0 Å². The lowest BCUT2D eigenvalue weighted by atomic mass is 10.1. The van der Waals surface area contributed by atoms with Gasteiger partial charge in [0.15, 0.2) is 0 Å². The SMILES string of the molecule is CC(C)Nc1ncccc1C(=O)Nc1ccc(CCO)cc1. The van der Waals surface area contributed by atoms with E-state index in [9.17, 15) is 4.79 Å². The van der Waals surface area contributed by atoms with Crippen LogP contribution in [-0.4, -0.2) is 28.6 Å². The number of hydrogen-bond donors (Lipinski definition) is 3. The smallest absolute Gasteiger partial charge is 0.259 e. The Morgan fingerprint density at radius 2 is 1.95 bits per heavy atom. The molecular weight excluding hydrogens is 278 g/mol. The van der Waals surface area contributed by atoms with E-state index < -0.39 is 0 Å². The van der Waals surface area contributed by atoms with Crippen LogP contribution in [0.3, 0.4) is 0 Å². The zero-order valence-corrected chi connectivity index (χ0v) is 12.8. The molecule has 0 aliphatic heterocycles. The molecule has 0 saturated carbocycles. The first-order valence-corrected chi connectivity index (χ1v) is 7.33. The fourth-order valence-electron chi connectivity index (χ4n) is 2.06. The Morgan fingerprint density at radius 1 is 1.23 bits per heavy atom. The fraction of sp³-hybridized carbons (Fsp3) is 0.294. The Kier molecular flexibility index (Phi) is 5.49. The van der Waals surface area contributed by atoms with E-state index in [1.807, 2.05) is 38.1 Å². The highest BCUT2D eigenvalue weighted by Crippen LogP contribution is 2.16. The number of pyridine rings is 1. The van der Waals surface area contributed by atoms with Gasteiger partial charge in [0.05, 0.1) is 5.56 Å². The van der Waals surface area contributed by atoms with Crippen LogP contribution in [0.4, 0.5) is 11.5 Å². The lowest BCUT2D eigenvalue weighted by Crippen LogP contribution is -2.18. The van der Waals surface area contributed by atoms with Crippen LogP contribution in [0.5, 0.6) is 0 Å². The summed E-state index contributed by atoms with van der Waals surface area (Å²) in [6.45, 7) is 4.11. The van der Waals surface area contributed by atoms with Gasteiger partial charge < -0.3 is 15.7 Å². The van der Waals surface area contributed by atoms with E-state index in [4.69, 9.17) is 5.11 Å². The van der Waals surface area contributed by atoms with E-state index in [-0.39, 0.29) is 18.6 Å². The Morgan fingerprint density at radius 3 is 2.59 bits per heavy atom. The van der Waals surface area contributed by atoms with Gasteiger partial charge in [0.25, 0.3) is 5.91 Å². The second-order valence-corrected chi connectivity index (χ2v) is 5.32. The van der Waals surface area contributed by atoms with E-state index in [2.05, 4.69) is 15.6 Å². The van der Waals surface area contributed by atoms with Crippen molar-refractivity contribution >= 4 is 17.4 Å². The quantitative estimate of drug-likeness (QED) is 0.766. The van der Waals surface area contributed by atoms with E-state index >= 15 is 0 Å². The molecule has 0 saturated heterocycles. The highest BCUT2D eigenvalue weighted by molar-refractivity contribution is 6.07. The fourth-order valence-corrected chi connectivity index (χ4v) is 2.06. The summed E-state index contributed by atoms with van der Waals surface area (Å²) in [5.74, 6) is 0.373. The third kappa shape index (κ3) is 4.30. The Bertz CT molecular complexity index is 624. The molecule has 5 nitrogen and oxygen atoms in total. The highest BCUT2D eigenvalue weighted by Gasteiger charge is 2.13. The van der Waals surface area contributed by atoms with Gasteiger partial charge in [0.1, 0.15) is 5.82 Å². The number of aliphatic hydroxyl groups is 1. The van der Waals surface area contributed by atoms with Gasteiger partial charge in [-0.1, -0.05) is 12.1 Å². The number of carbonyl (C=O) groups excluding carboxylic acids is 1. The minimum atomic E-state index is -0.203. The summed E-state index contributed by atoms with van der Waals surface area (Å²) >= 11 is 0. The molecule has 1 aromatic heterocycles. The van der Waals surface area contributed by atoms with E-state index in [1.54, 1.807) is 18.3 Å². The number of amides is 1. The third-order valence-corrected chi connectivity index (χ3v) is 3.09. The Labute approximate surface area is 130 Å². The molecule has 0 aliphatic carbocycles. The third-order valence-electron chi connectivity index (χ3n) is 3.09. The normalized spacial score (nSPS) is 10.5. The van der Waals surface area contributed by atoms with Crippen LogP contribution >= 0.6 is 0 Å². The van der Waals surface area contributed by atoms with Crippen LogP contribution in [-0.2, 0) is 6.42 Å². The van der Waals surface area contributed by atoms with E-state index in [1.165, 1.54) is 0 Å². The van der Waals surface area contributed by atoms with Crippen LogP contribution in [0, 0.1) is 0 Å². The zero-order chi connectivity index (χ0) is 15.9. The molecule has 2 aromatic rings. The predicted octanol–water partition coefficient (Wildman–Crippen LogP) is 2.69. The van der Waals surface area contributed by atoms with Crippen molar-refractivity contribution in [3.05, 3.63) is 53.7 Å². The molecule has 0 spiro atoms. The van der Waals surface area contributed by atoms with Gasteiger partial charge in [0, 0.05) is 24.5 Å². The molecule has 1 heterocycles. The van der Waals surface area contributed by atoms with Gasteiger partial charge in [-0.05, 0) is 50.1 Å². The lowest BCUT2D eigenvalue weighted by Gasteiger charge is -2.13. The molecule has 0 aliphatic rings. The molecule has 22 heavy (non-hydrogen) atoms. The van der Waals surface area contributed by atoms with Crippen LogP contribution < -0.4 is 10.6 Å². The summed E-state index contributed by atoms with van der Waals surface area (Å²) in [6.07, 6.45) is 2.27. The van der Waals surface area contributed by atoms with Crippen LogP contribution in [0.1, 0.15) is 29.8 Å². The number of anilines is 2. The highest BCUT2D eigenvalue weighted by atomic mass is 16.2. The summed E-state index contributed by atoms with van der Waals surface area (Å²) in [5, 5.41) is 14.9. The van der Waals surface area contributed by atoms with Crippen molar-refractivity contribution in [2.45, 2.75) is 26.3 Å². The first-order chi connectivity index (χ1) is 10.6. The van der Waals surface area contributed by atoms with Crippen molar-refractivity contribution < 1.29 is 9.90 Å². The molecule has 3 N–H and O–H groups in total. The molecule has 1 amide bonds. The monoisotopic (exact) mass is 299 g/mol. The Balaban J connectivity index is 2.12. The minimum absolute atomic E-state index is 0.117. The summed E-state index contributed by atoms with van der Waals surface area (Å²) in [6, 6.07) is 11.1. The van der Waals surface area contributed by atoms with Gasteiger partial charge >= 0.3 is 0 Å².